The average molecular weight is 283 g/mol. The molecule has 0 aliphatic carbocycles. The van der Waals surface area contributed by atoms with Gasteiger partial charge >= 0.3 is 0 Å². The van der Waals surface area contributed by atoms with Gasteiger partial charge in [0.05, 0.1) is 5.69 Å². The summed E-state index contributed by atoms with van der Waals surface area (Å²) in [7, 11) is 2.12. The number of rotatable bonds is 6. The first-order valence-corrected chi connectivity index (χ1v) is 7.56. The summed E-state index contributed by atoms with van der Waals surface area (Å²) in [6.45, 7) is 5.63. The molecule has 112 valence electrons. The van der Waals surface area contributed by atoms with Crippen LogP contribution < -0.4 is 5.73 Å². The van der Waals surface area contributed by atoms with E-state index in [1.54, 1.807) is 0 Å². The molecule has 1 unspecified atom stereocenters. The molecule has 0 spiro atoms. The number of nitrogens with zero attached hydrogens (tertiary/aromatic N) is 2. The van der Waals surface area contributed by atoms with Crippen molar-refractivity contribution in [2.45, 2.75) is 32.9 Å². The number of benzene rings is 1. The van der Waals surface area contributed by atoms with Gasteiger partial charge in [-0.25, -0.2) is 0 Å². The molecule has 2 N–H and O–H groups in total. The highest BCUT2D eigenvalue weighted by atomic mass is 15.1. The first kappa shape index (κ1) is 15.7. The van der Waals surface area contributed by atoms with Crippen LogP contribution in [0, 0.1) is 6.92 Å². The zero-order valence-corrected chi connectivity index (χ0v) is 13.2. The van der Waals surface area contributed by atoms with Crippen molar-refractivity contribution >= 4 is 0 Å². The highest BCUT2D eigenvalue weighted by molar-refractivity contribution is 5.30. The monoisotopic (exact) mass is 283 g/mol. The molecule has 3 nitrogen and oxygen atoms in total. The highest BCUT2D eigenvalue weighted by Crippen LogP contribution is 2.24. The summed E-state index contributed by atoms with van der Waals surface area (Å²) in [5.74, 6) is 0. The molecule has 2 aromatic rings. The van der Waals surface area contributed by atoms with E-state index in [2.05, 4.69) is 60.3 Å². The molecule has 1 atom stereocenters. The van der Waals surface area contributed by atoms with Crippen LogP contribution in [0.15, 0.2) is 42.5 Å². The molecule has 0 radical (unpaired) electrons. The van der Waals surface area contributed by atoms with E-state index in [0.717, 1.165) is 24.4 Å². The third-order valence-corrected chi connectivity index (χ3v) is 3.91. The molecule has 2 rings (SSSR count). The number of pyridine rings is 1. The lowest BCUT2D eigenvalue weighted by molar-refractivity contribution is 0.238. The molecule has 1 heterocycles. The fourth-order valence-corrected chi connectivity index (χ4v) is 2.78. The second-order valence-electron chi connectivity index (χ2n) is 5.49. The summed E-state index contributed by atoms with van der Waals surface area (Å²) >= 11 is 0. The lowest BCUT2D eigenvalue weighted by atomic mass is 9.97. The SMILES string of the molecule is CCc1ccccc1C(CN)N(C)Cc1cccc(C)n1. The van der Waals surface area contributed by atoms with Crippen LogP contribution >= 0.6 is 0 Å². The van der Waals surface area contributed by atoms with Crippen molar-refractivity contribution in [1.82, 2.24) is 9.88 Å². The minimum Gasteiger partial charge on any atom is -0.329 e. The Hall–Kier alpha value is -1.71. The minimum absolute atomic E-state index is 0.225. The summed E-state index contributed by atoms with van der Waals surface area (Å²) in [6, 6.07) is 15.0. The van der Waals surface area contributed by atoms with Gasteiger partial charge in [-0.15, -0.1) is 0 Å². The molecule has 1 aromatic carbocycles. The van der Waals surface area contributed by atoms with E-state index in [0.29, 0.717) is 6.54 Å². The van der Waals surface area contributed by atoms with Gasteiger partial charge in [-0.1, -0.05) is 37.3 Å². The molecule has 0 bridgehead atoms. The lowest BCUT2D eigenvalue weighted by Crippen LogP contribution is -2.31. The maximum atomic E-state index is 6.05. The van der Waals surface area contributed by atoms with Crippen molar-refractivity contribution in [3.63, 3.8) is 0 Å². The fraction of sp³-hybridized carbons (Fsp3) is 0.389. The summed E-state index contributed by atoms with van der Waals surface area (Å²) in [5.41, 5.74) is 10.9. The Kier molecular flexibility index (Phi) is 5.48. The van der Waals surface area contributed by atoms with Gasteiger partial charge in [0.25, 0.3) is 0 Å². The van der Waals surface area contributed by atoms with Crippen molar-refractivity contribution in [1.29, 1.82) is 0 Å². The third-order valence-electron chi connectivity index (χ3n) is 3.91. The Morgan fingerprint density at radius 1 is 1.14 bits per heavy atom. The van der Waals surface area contributed by atoms with Crippen LogP contribution in [0.1, 0.15) is 35.5 Å². The van der Waals surface area contributed by atoms with Crippen LogP contribution in [0.2, 0.25) is 0 Å². The van der Waals surface area contributed by atoms with Gasteiger partial charge < -0.3 is 5.73 Å². The summed E-state index contributed by atoms with van der Waals surface area (Å²) in [5, 5.41) is 0. The number of aryl methyl sites for hydroxylation is 2. The van der Waals surface area contributed by atoms with Crippen LogP contribution in [-0.2, 0) is 13.0 Å². The van der Waals surface area contributed by atoms with Crippen LogP contribution in [0.25, 0.3) is 0 Å². The fourth-order valence-electron chi connectivity index (χ4n) is 2.78. The quantitative estimate of drug-likeness (QED) is 0.886. The summed E-state index contributed by atoms with van der Waals surface area (Å²) < 4.78 is 0. The van der Waals surface area contributed by atoms with Crippen LogP contribution in [0.5, 0.6) is 0 Å². The Labute approximate surface area is 127 Å². The van der Waals surface area contributed by atoms with Crippen molar-refractivity contribution in [2.24, 2.45) is 5.73 Å². The number of nitrogens with two attached hydrogens (primary N) is 1. The van der Waals surface area contributed by atoms with E-state index in [1.165, 1.54) is 11.1 Å². The zero-order chi connectivity index (χ0) is 15.2. The van der Waals surface area contributed by atoms with Crippen molar-refractivity contribution in [3.05, 3.63) is 65.0 Å². The van der Waals surface area contributed by atoms with Gasteiger partial charge in [-0.05, 0) is 43.7 Å². The molecular formula is C18H25N3. The van der Waals surface area contributed by atoms with Crippen molar-refractivity contribution in [2.75, 3.05) is 13.6 Å². The molecular weight excluding hydrogens is 258 g/mol. The predicted octanol–water partition coefficient (Wildman–Crippen LogP) is 3.08. The number of aromatic nitrogens is 1. The number of likely N-dealkylation sites (N-methyl/N-ethyl adjacent to an activating group) is 1. The van der Waals surface area contributed by atoms with E-state index in [4.69, 9.17) is 5.73 Å². The molecule has 0 aliphatic rings. The Morgan fingerprint density at radius 2 is 1.90 bits per heavy atom. The molecule has 1 aromatic heterocycles. The highest BCUT2D eigenvalue weighted by Gasteiger charge is 2.18. The number of hydrogen-bond acceptors (Lipinski definition) is 3. The number of hydrogen-bond donors (Lipinski definition) is 1. The van der Waals surface area contributed by atoms with E-state index in [1.807, 2.05) is 13.0 Å². The van der Waals surface area contributed by atoms with Crippen LogP contribution in [0.4, 0.5) is 0 Å². The maximum absolute atomic E-state index is 6.05. The van der Waals surface area contributed by atoms with Gasteiger partial charge in [-0.2, -0.15) is 0 Å². The predicted molar refractivity (Wildman–Crippen MR) is 88.1 cm³/mol. The third kappa shape index (κ3) is 3.90. The first-order valence-electron chi connectivity index (χ1n) is 7.56. The van der Waals surface area contributed by atoms with E-state index in [-0.39, 0.29) is 6.04 Å². The first-order chi connectivity index (χ1) is 10.2. The van der Waals surface area contributed by atoms with Gasteiger partial charge in [0.1, 0.15) is 0 Å². The van der Waals surface area contributed by atoms with Crippen molar-refractivity contribution in [3.8, 4) is 0 Å². The molecule has 0 saturated heterocycles. The molecule has 0 saturated carbocycles. The van der Waals surface area contributed by atoms with Gasteiger partial charge in [-0.3, -0.25) is 9.88 Å². The van der Waals surface area contributed by atoms with Gasteiger partial charge in [0.2, 0.25) is 0 Å². The molecule has 21 heavy (non-hydrogen) atoms. The standard InChI is InChI=1S/C18H25N3/c1-4-15-9-5-6-11-17(15)18(12-19)21(3)13-16-10-7-8-14(2)20-16/h5-11,18H,4,12-13,19H2,1-3H3. The van der Waals surface area contributed by atoms with Crippen LogP contribution in [-0.4, -0.2) is 23.5 Å². The lowest BCUT2D eigenvalue weighted by Gasteiger charge is -2.28. The molecule has 0 amide bonds. The molecule has 3 heteroatoms. The summed E-state index contributed by atoms with van der Waals surface area (Å²) in [4.78, 5) is 6.87. The largest absolute Gasteiger partial charge is 0.329 e. The van der Waals surface area contributed by atoms with Gasteiger partial charge in [0.15, 0.2) is 0 Å². The van der Waals surface area contributed by atoms with Crippen molar-refractivity contribution < 1.29 is 0 Å². The Bertz CT molecular complexity index is 580. The topological polar surface area (TPSA) is 42.1 Å². The normalized spacial score (nSPS) is 12.6. The molecule has 0 fully saturated rings. The second kappa shape index (κ2) is 7.34. The maximum Gasteiger partial charge on any atom is 0.0547 e. The van der Waals surface area contributed by atoms with Crippen LogP contribution in [0.3, 0.4) is 0 Å². The van der Waals surface area contributed by atoms with E-state index >= 15 is 0 Å². The average Bonchev–Trinajstić information content (AvgIpc) is 2.48. The summed E-state index contributed by atoms with van der Waals surface area (Å²) in [6.07, 6.45) is 1.03. The zero-order valence-electron chi connectivity index (χ0n) is 13.2. The Balaban J connectivity index is 2.20. The smallest absolute Gasteiger partial charge is 0.0547 e. The second-order valence-corrected chi connectivity index (χ2v) is 5.49. The Morgan fingerprint density at radius 3 is 2.57 bits per heavy atom. The van der Waals surface area contributed by atoms with E-state index in [9.17, 15) is 0 Å². The van der Waals surface area contributed by atoms with E-state index < -0.39 is 0 Å². The van der Waals surface area contributed by atoms with Gasteiger partial charge in [0, 0.05) is 24.8 Å². The molecule has 0 aliphatic heterocycles. The minimum atomic E-state index is 0.225.